The van der Waals surface area contributed by atoms with E-state index in [4.69, 9.17) is 9.47 Å². The minimum Gasteiger partial charge on any atom is -0.379 e. The molecule has 0 radical (unpaired) electrons. The van der Waals surface area contributed by atoms with Gasteiger partial charge >= 0.3 is 0 Å². The lowest BCUT2D eigenvalue weighted by atomic mass is 10.1. The topological polar surface area (TPSA) is 50.7 Å². The van der Waals surface area contributed by atoms with Crippen LogP contribution in [-0.2, 0) is 16.0 Å². The average molecular weight is 344 g/mol. The number of fused-ring (bicyclic) bond motifs is 2. The van der Waals surface area contributed by atoms with Gasteiger partial charge in [0, 0.05) is 44.0 Å². The van der Waals surface area contributed by atoms with Crippen molar-refractivity contribution < 1.29 is 9.47 Å². The zero-order chi connectivity index (χ0) is 16.4. The van der Waals surface area contributed by atoms with Crippen molar-refractivity contribution in [1.82, 2.24) is 14.9 Å². The molecule has 1 aromatic heterocycles. The van der Waals surface area contributed by atoms with Crippen molar-refractivity contribution in [3.63, 3.8) is 0 Å². The first-order valence-corrected chi connectivity index (χ1v) is 8.85. The monoisotopic (exact) mass is 344 g/mol. The van der Waals surface area contributed by atoms with E-state index in [9.17, 15) is 0 Å². The van der Waals surface area contributed by atoms with Gasteiger partial charge in [0.15, 0.2) is 5.82 Å². The largest absolute Gasteiger partial charge is 0.379 e. The molecule has 2 aromatic rings. The van der Waals surface area contributed by atoms with Gasteiger partial charge in [-0.1, -0.05) is 17.8 Å². The van der Waals surface area contributed by atoms with Crippen molar-refractivity contribution >= 4 is 23.3 Å². The summed E-state index contributed by atoms with van der Waals surface area (Å²) >= 11 is 1.66. The predicted molar refractivity (Wildman–Crippen MR) is 92.7 cm³/mol. The zero-order valence-electron chi connectivity index (χ0n) is 13.6. The van der Waals surface area contributed by atoms with Gasteiger partial charge < -0.3 is 9.47 Å². The number of methoxy groups -OCH3 is 1. The lowest BCUT2D eigenvalue weighted by Gasteiger charge is -2.31. The molecule has 0 bridgehead atoms. The fourth-order valence-electron chi connectivity index (χ4n) is 3.03. The number of morpholine rings is 1. The van der Waals surface area contributed by atoms with E-state index < -0.39 is 0 Å². The van der Waals surface area contributed by atoms with Gasteiger partial charge in [0.05, 0.1) is 18.9 Å². The minimum atomic E-state index is 0.459. The van der Waals surface area contributed by atoms with Crippen LogP contribution < -0.4 is 4.90 Å². The van der Waals surface area contributed by atoms with Crippen LogP contribution in [0, 0.1) is 0 Å². The molecular formula is C17H20N4O2S. The Hall–Kier alpha value is -1.67. The van der Waals surface area contributed by atoms with Crippen molar-refractivity contribution in [2.24, 2.45) is 0 Å². The van der Waals surface area contributed by atoms with Crippen LogP contribution >= 0.6 is 11.8 Å². The maximum Gasteiger partial charge on any atom is 0.168 e. The minimum absolute atomic E-state index is 0.459. The summed E-state index contributed by atoms with van der Waals surface area (Å²) < 4.78 is 10.8. The van der Waals surface area contributed by atoms with Crippen molar-refractivity contribution in [3.05, 3.63) is 36.2 Å². The third-order valence-corrected chi connectivity index (χ3v) is 5.24. The van der Waals surface area contributed by atoms with Crippen LogP contribution in [0.2, 0.25) is 0 Å². The Bertz CT molecular complexity index is 721. The molecule has 0 amide bonds. The molecular weight excluding hydrogens is 324 g/mol. The molecule has 0 N–H and O–H groups in total. The van der Waals surface area contributed by atoms with Gasteiger partial charge in [-0.05, 0) is 17.7 Å². The van der Waals surface area contributed by atoms with Crippen LogP contribution in [-0.4, -0.2) is 55.0 Å². The number of anilines is 2. The number of hydrogen-bond acceptors (Lipinski definition) is 7. The van der Waals surface area contributed by atoms with Gasteiger partial charge in [0.25, 0.3) is 0 Å². The third-order valence-electron chi connectivity index (χ3n) is 4.19. The Morgan fingerprint density at radius 1 is 1.21 bits per heavy atom. The number of ether oxygens (including phenoxy) is 2. The van der Waals surface area contributed by atoms with Gasteiger partial charge in [-0.15, -0.1) is 0 Å². The quantitative estimate of drug-likeness (QED) is 0.845. The summed E-state index contributed by atoms with van der Waals surface area (Å²) in [4.78, 5) is 14.7. The zero-order valence-corrected chi connectivity index (χ0v) is 14.5. The summed E-state index contributed by atoms with van der Waals surface area (Å²) in [7, 11) is 1.70. The second-order valence-electron chi connectivity index (χ2n) is 5.82. The Balaban J connectivity index is 1.64. The Labute approximate surface area is 145 Å². The second kappa shape index (κ2) is 7.06. The molecule has 1 fully saturated rings. The fourth-order valence-corrected chi connectivity index (χ4v) is 4.01. The van der Waals surface area contributed by atoms with E-state index in [2.05, 4.69) is 38.0 Å². The molecule has 3 heterocycles. The highest BCUT2D eigenvalue weighted by Crippen LogP contribution is 2.46. The lowest BCUT2D eigenvalue weighted by Crippen LogP contribution is -2.35. The predicted octanol–water partition coefficient (Wildman–Crippen LogP) is 2.52. The van der Waals surface area contributed by atoms with Crippen LogP contribution in [0.25, 0.3) is 0 Å². The molecule has 0 aliphatic carbocycles. The van der Waals surface area contributed by atoms with E-state index in [-0.39, 0.29) is 0 Å². The smallest absolute Gasteiger partial charge is 0.168 e. The molecule has 0 atom stereocenters. The van der Waals surface area contributed by atoms with E-state index in [1.165, 1.54) is 10.5 Å². The molecule has 126 valence electrons. The molecule has 1 saturated heterocycles. The number of nitrogens with zero attached hydrogens (tertiary/aromatic N) is 4. The first kappa shape index (κ1) is 15.8. The third kappa shape index (κ3) is 3.12. The average Bonchev–Trinajstić information content (AvgIpc) is 2.63. The summed E-state index contributed by atoms with van der Waals surface area (Å²) in [5.74, 6) is 0.861. The summed E-state index contributed by atoms with van der Waals surface area (Å²) in [5.41, 5.74) is 2.44. The molecule has 6 nitrogen and oxygen atoms in total. The van der Waals surface area contributed by atoms with E-state index in [0.717, 1.165) is 49.4 Å². The summed E-state index contributed by atoms with van der Waals surface area (Å²) in [6.45, 7) is 5.01. The maximum atomic E-state index is 5.43. The number of hydrogen-bond donors (Lipinski definition) is 0. The molecule has 0 saturated carbocycles. The first-order valence-electron chi connectivity index (χ1n) is 8.03. The number of aromatic nitrogens is 2. The first-order chi connectivity index (χ1) is 11.8. The highest BCUT2D eigenvalue weighted by molar-refractivity contribution is 7.99. The second-order valence-corrected chi connectivity index (χ2v) is 6.85. The summed E-state index contributed by atoms with van der Waals surface area (Å²) in [6, 6.07) is 6.62. The van der Waals surface area contributed by atoms with Gasteiger partial charge in [0.1, 0.15) is 11.8 Å². The van der Waals surface area contributed by atoms with Crippen molar-refractivity contribution in [1.29, 1.82) is 0 Å². The van der Waals surface area contributed by atoms with E-state index in [1.807, 2.05) is 0 Å². The fraction of sp³-hybridized carbons (Fsp3) is 0.412. The summed E-state index contributed by atoms with van der Waals surface area (Å²) in [5, 5.41) is 0.919. The van der Waals surface area contributed by atoms with Crippen molar-refractivity contribution in [3.8, 4) is 0 Å². The highest BCUT2D eigenvalue weighted by Gasteiger charge is 2.26. The van der Waals surface area contributed by atoms with Crippen LogP contribution in [0.4, 0.5) is 11.5 Å². The van der Waals surface area contributed by atoms with Gasteiger partial charge in [-0.2, -0.15) is 0 Å². The lowest BCUT2D eigenvalue weighted by molar-refractivity contribution is 0.0342. The molecule has 1 aromatic carbocycles. The van der Waals surface area contributed by atoms with Gasteiger partial charge in [-0.25, -0.2) is 9.97 Å². The molecule has 24 heavy (non-hydrogen) atoms. The molecule has 4 rings (SSSR count). The van der Waals surface area contributed by atoms with Crippen LogP contribution in [0.5, 0.6) is 0 Å². The van der Waals surface area contributed by atoms with Crippen molar-refractivity contribution in [2.75, 3.05) is 45.0 Å². The summed E-state index contributed by atoms with van der Waals surface area (Å²) in [6.07, 6.45) is 3.46. The van der Waals surface area contributed by atoms with Crippen LogP contribution in [0.3, 0.4) is 0 Å². The molecule has 0 unspecified atom stereocenters. The van der Waals surface area contributed by atoms with E-state index in [1.54, 1.807) is 31.3 Å². The Morgan fingerprint density at radius 3 is 2.88 bits per heavy atom. The van der Waals surface area contributed by atoms with Crippen molar-refractivity contribution in [2.45, 2.75) is 16.5 Å². The molecule has 2 aliphatic rings. The number of benzene rings is 1. The standard InChI is InChI=1S/C17H20N4O2S/c1-22-12-21-14-10-13(11-20-6-8-23-9-7-20)2-3-15(14)24-17-16(21)18-4-5-19-17/h2-5,10H,6-9,11-12H2,1H3. The molecule has 7 heteroatoms. The van der Waals surface area contributed by atoms with E-state index >= 15 is 0 Å². The SMILES string of the molecule is COCN1c2cc(CN3CCOCC3)ccc2Sc2nccnc21. The Kier molecular flexibility index (Phi) is 4.66. The number of rotatable bonds is 4. The molecule has 0 spiro atoms. The maximum absolute atomic E-state index is 5.43. The van der Waals surface area contributed by atoms with E-state index in [0.29, 0.717) is 6.73 Å². The van der Waals surface area contributed by atoms with Gasteiger partial charge in [0.2, 0.25) is 0 Å². The molecule has 2 aliphatic heterocycles. The van der Waals surface area contributed by atoms with Crippen LogP contribution in [0.15, 0.2) is 40.5 Å². The highest BCUT2D eigenvalue weighted by atomic mass is 32.2. The Morgan fingerprint density at radius 2 is 2.04 bits per heavy atom. The van der Waals surface area contributed by atoms with Gasteiger partial charge in [-0.3, -0.25) is 9.80 Å². The normalized spacial score (nSPS) is 17.5. The van der Waals surface area contributed by atoms with Crippen LogP contribution in [0.1, 0.15) is 5.56 Å².